The fourth-order valence-corrected chi connectivity index (χ4v) is 1.22. The van der Waals surface area contributed by atoms with E-state index in [1.54, 1.807) is 0 Å². The Balaban J connectivity index is 3.20. The van der Waals surface area contributed by atoms with Gasteiger partial charge in [0.15, 0.2) is 6.29 Å². The Morgan fingerprint density at radius 2 is 2.25 bits per heavy atom. The summed E-state index contributed by atoms with van der Waals surface area (Å²) < 4.78 is 24.9. The standard InChI is InChI=1S/C7H4F2INO/c8-7(9)6-4(3-12)1-5(10)2-11-6/h1-3,7H. The lowest BCUT2D eigenvalue weighted by molar-refractivity contribution is 0.110. The number of aromatic nitrogens is 1. The monoisotopic (exact) mass is 283 g/mol. The Kier molecular flexibility index (Phi) is 3.07. The molecule has 0 aliphatic rings. The van der Waals surface area contributed by atoms with Crippen LogP contribution in [0.15, 0.2) is 12.3 Å². The summed E-state index contributed by atoms with van der Waals surface area (Å²) in [6, 6.07) is 1.38. The zero-order chi connectivity index (χ0) is 9.14. The number of pyridine rings is 1. The average Bonchev–Trinajstić information content (AvgIpc) is 2.03. The Labute approximate surface area is 81.1 Å². The van der Waals surface area contributed by atoms with Crippen molar-refractivity contribution in [3.05, 3.63) is 27.1 Å². The molecule has 0 amide bonds. The minimum absolute atomic E-state index is 0.0445. The molecule has 0 unspecified atom stereocenters. The van der Waals surface area contributed by atoms with Crippen molar-refractivity contribution in [1.29, 1.82) is 0 Å². The molecule has 0 aromatic carbocycles. The number of hydrogen-bond acceptors (Lipinski definition) is 2. The molecule has 1 heterocycles. The number of carbonyl (C=O) groups is 1. The Bertz CT molecular complexity index is 303. The molecule has 0 aliphatic carbocycles. The first-order valence-electron chi connectivity index (χ1n) is 3.04. The van der Waals surface area contributed by atoms with Gasteiger partial charge in [-0.15, -0.1) is 0 Å². The van der Waals surface area contributed by atoms with Gasteiger partial charge in [0.05, 0.1) is 0 Å². The molecular formula is C7H4F2INO. The van der Waals surface area contributed by atoms with E-state index in [1.165, 1.54) is 12.3 Å². The maximum Gasteiger partial charge on any atom is 0.281 e. The molecule has 0 bridgehead atoms. The van der Waals surface area contributed by atoms with Crippen LogP contribution in [0.25, 0.3) is 0 Å². The zero-order valence-corrected chi connectivity index (χ0v) is 7.96. The third kappa shape index (κ3) is 1.96. The van der Waals surface area contributed by atoms with E-state index < -0.39 is 12.1 Å². The lowest BCUT2D eigenvalue weighted by atomic mass is 10.2. The third-order valence-electron chi connectivity index (χ3n) is 1.25. The van der Waals surface area contributed by atoms with E-state index in [4.69, 9.17) is 0 Å². The van der Waals surface area contributed by atoms with Gasteiger partial charge < -0.3 is 0 Å². The lowest BCUT2D eigenvalue weighted by Crippen LogP contribution is -1.97. The average molecular weight is 283 g/mol. The molecule has 0 aliphatic heterocycles. The van der Waals surface area contributed by atoms with Crippen LogP contribution in [0.4, 0.5) is 8.78 Å². The van der Waals surface area contributed by atoms with Gasteiger partial charge >= 0.3 is 0 Å². The first-order chi connectivity index (χ1) is 5.65. The highest BCUT2D eigenvalue weighted by atomic mass is 127. The summed E-state index contributed by atoms with van der Waals surface area (Å²) >= 11 is 1.90. The summed E-state index contributed by atoms with van der Waals surface area (Å²) in [6.45, 7) is 0. The van der Waals surface area contributed by atoms with Crippen LogP contribution in [0.5, 0.6) is 0 Å². The predicted molar refractivity (Wildman–Crippen MR) is 47.3 cm³/mol. The van der Waals surface area contributed by atoms with Crippen molar-refractivity contribution in [3.63, 3.8) is 0 Å². The summed E-state index contributed by atoms with van der Waals surface area (Å²) in [5.41, 5.74) is -0.498. The number of hydrogen-bond donors (Lipinski definition) is 0. The number of aldehydes is 1. The van der Waals surface area contributed by atoms with Crippen LogP contribution in [0.2, 0.25) is 0 Å². The molecule has 1 aromatic heterocycles. The molecule has 0 atom stereocenters. The summed E-state index contributed by atoms with van der Waals surface area (Å²) in [4.78, 5) is 13.8. The Morgan fingerprint density at radius 1 is 1.58 bits per heavy atom. The van der Waals surface area contributed by atoms with E-state index in [0.29, 0.717) is 9.86 Å². The van der Waals surface area contributed by atoms with Crippen LogP contribution in [-0.4, -0.2) is 11.3 Å². The van der Waals surface area contributed by atoms with Crippen molar-refractivity contribution in [2.24, 2.45) is 0 Å². The second-order valence-corrected chi connectivity index (χ2v) is 3.29. The summed E-state index contributed by atoms with van der Waals surface area (Å²) in [5, 5.41) is 0. The van der Waals surface area contributed by atoms with Crippen LogP contribution in [0.1, 0.15) is 22.5 Å². The molecule has 2 nitrogen and oxygen atoms in total. The van der Waals surface area contributed by atoms with E-state index in [0.717, 1.165) is 0 Å². The van der Waals surface area contributed by atoms with E-state index in [-0.39, 0.29) is 5.56 Å². The fourth-order valence-electron chi connectivity index (χ4n) is 0.742. The highest BCUT2D eigenvalue weighted by Gasteiger charge is 2.13. The van der Waals surface area contributed by atoms with E-state index in [2.05, 4.69) is 4.98 Å². The van der Waals surface area contributed by atoms with Crippen LogP contribution in [0, 0.1) is 3.57 Å². The van der Waals surface area contributed by atoms with Crippen molar-refractivity contribution >= 4 is 28.9 Å². The number of carbonyl (C=O) groups excluding carboxylic acids is 1. The molecule has 0 fully saturated rings. The molecular weight excluding hydrogens is 279 g/mol. The van der Waals surface area contributed by atoms with Gasteiger partial charge in [0, 0.05) is 15.3 Å². The van der Waals surface area contributed by atoms with Gasteiger partial charge in [-0.05, 0) is 28.7 Å². The van der Waals surface area contributed by atoms with Crippen LogP contribution in [0.3, 0.4) is 0 Å². The molecule has 1 rings (SSSR count). The number of nitrogens with zero attached hydrogens (tertiary/aromatic N) is 1. The van der Waals surface area contributed by atoms with Gasteiger partial charge in [-0.25, -0.2) is 8.78 Å². The topological polar surface area (TPSA) is 30.0 Å². The molecule has 64 valence electrons. The van der Waals surface area contributed by atoms with E-state index in [9.17, 15) is 13.6 Å². The summed E-state index contributed by atoms with van der Waals surface area (Å²) in [5.74, 6) is 0. The molecule has 5 heteroatoms. The zero-order valence-electron chi connectivity index (χ0n) is 5.80. The third-order valence-corrected chi connectivity index (χ3v) is 1.84. The van der Waals surface area contributed by atoms with Gasteiger partial charge in [0.1, 0.15) is 5.69 Å². The van der Waals surface area contributed by atoms with Crippen LogP contribution in [-0.2, 0) is 0 Å². The molecule has 0 spiro atoms. The van der Waals surface area contributed by atoms with Crippen LogP contribution >= 0.6 is 22.6 Å². The summed E-state index contributed by atoms with van der Waals surface area (Å²) in [7, 11) is 0. The minimum Gasteiger partial charge on any atom is -0.298 e. The maximum atomic E-state index is 12.1. The van der Waals surface area contributed by atoms with Gasteiger partial charge in [-0.2, -0.15) is 0 Å². The Hall–Kier alpha value is -0.590. The molecule has 0 saturated carbocycles. The SMILES string of the molecule is O=Cc1cc(I)cnc1C(F)F. The smallest absolute Gasteiger partial charge is 0.281 e. The summed E-state index contributed by atoms with van der Waals surface area (Å²) in [6.07, 6.45) is -1.01. The van der Waals surface area contributed by atoms with Crippen molar-refractivity contribution in [3.8, 4) is 0 Å². The molecule has 12 heavy (non-hydrogen) atoms. The first-order valence-corrected chi connectivity index (χ1v) is 4.12. The van der Waals surface area contributed by atoms with Gasteiger partial charge in [0.25, 0.3) is 6.43 Å². The van der Waals surface area contributed by atoms with E-state index in [1.807, 2.05) is 22.6 Å². The molecule has 0 N–H and O–H groups in total. The highest BCUT2D eigenvalue weighted by Crippen LogP contribution is 2.20. The fraction of sp³-hybridized carbons (Fsp3) is 0.143. The minimum atomic E-state index is -2.69. The molecule has 0 saturated heterocycles. The normalized spacial score (nSPS) is 10.3. The Morgan fingerprint density at radius 3 is 2.75 bits per heavy atom. The second kappa shape index (κ2) is 3.88. The second-order valence-electron chi connectivity index (χ2n) is 2.05. The van der Waals surface area contributed by atoms with Crippen LogP contribution < -0.4 is 0 Å². The van der Waals surface area contributed by atoms with Gasteiger partial charge in [-0.3, -0.25) is 9.78 Å². The number of halogens is 3. The first kappa shape index (κ1) is 9.50. The maximum absolute atomic E-state index is 12.1. The number of alkyl halides is 2. The lowest BCUT2D eigenvalue weighted by Gasteiger charge is -2.01. The van der Waals surface area contributed by atoms with Crippen molar-refractivity contribution < 1.29 is 13.6 Å². The van der Waals surface area contributed by atoms with Gasteiger partial charge in [-0.1, -0.05) is 0 Å². The largest absolute Gasteiger partial charge is 0.298 e. The predicted octanol–water partition coefficient (Wildman–Crippen LogP) is 2.44. The molecule has 1 aromatic rings. The number of rotatable bonds is 2. The highest BCUT2D eigenvalue weighted by molar-refractivity contribution is 14.1. The van der Waals surface area contributed by atoms with Crippen molar-refractivity contribution in [1.82, 2.24) is 4.98 Å². The van der Waals surface area contributed by atoms with Crippen molar-refractivity contribution in [2.75, 3.05) is 0 Å². The molecule has 0 radical (unpaired) electrons. The van der Waals surface area contributed by atoms with Crippen molar-refractivity contribution in [2.45, 2.75) is 6.43 Å². The quantitative estimate of drug-likeness (QED) is 0.616. The van der Waals surface area contributed by atoms with E-state index >= 15 is 0 Å². The van der Waals surface area contributed by atoms with Gasteiger partial charge in [0.2, 0.25) is 0 Å².